The standard InChI is InChI=1S/C15H10F2IN3O/c16-13(17)14-20-11-6-1-8(7-12(11)21-14)15(22)19-10-4-2-9(18)3-5-10/h1-7,13H,(H,19,22)(H,20,21). The summed E-state index contributed by atoms with van der Waals surface area (Å²) in [6, 6.07) is 12.0. The molecule has 0 fully saturated rings. The van der Waals surface area contributed by atoms with Crippen molar-refractivity contribution >= 4 is 45.2 Å². The molecule has 0 saturated heterocycles. The van der Waals surface area contributed by atoms with Crippen molar-refractivity contribution in [3.05, 3.63) is 57.4 Å². The van der Waals surface area contributed by atoms with Crippen molar-refractivity contribution in [2.24, 2.45) is 0 Å². The van der Waals surface area contributed by atoms with Gasteiger partial charge in [0.15, 0.2) is 5.82 Å². The number of hydrogen-bond acceptors (Lipinski definition) is 2. The Kier molecular flexibility index (Phi) is 4.06. The SMILES string of the molecule is O=C(Nc1ccc(I)cc1)c1ccc2nc(C(F)F)[nH]c2c1. The molecule has 112 valence electrons. The zero-order chi connectivity index (χ0) is 15.7. The Morgan fingerprint density at radius 2 is 1.91 bits per heavy atom. The van der Waals surface area contributed by atoms with Crippen LogP contribution < -0.4 is 5.32 Å². The molecule has 2 aromatic carbocycles. The van der Waals surface area contributed by atoms with E-state index < -0.39 is 12.2 Å². The first kappa shape index (κ1) is 14.9. The molecular weight excluding hydrogens is 403 g/mol. The Labute approximate surface area is 138 Å². The van der Waals surface area contributed by atoms with Crippen molar-refractivity contribution in [2.45, 2.75) is 6.43 Å². The highest BCUT2D eigenvalue weighted by Crippen LogP contribution is 2.21. The summed E-state index contributed by atoms with van der Waals surface area (Å²) in [4.78, 5) is 18.5. The lowest BCUT2D eigenvalue weighted by molar-refractivity contribution is 0.102. The maximum Gasteiger partial charge on any atom is 0.295 e. The van der Waals surface area contributed by atoms with Gasteiger partial charge >= 0.3 is 0 Å². The van der Waals surface area contributed by atoms with E-state index in [4.69, 9.17) is 0 Å². The van der Waals surface area contributed by atoms with Gasteiger partial charge in [0.2, 0.25) is 0 Å². The molecule has 7 heteroatoms. The molecule has 0 radical (unpaired) electrons. The Morgan fingerprint density at radius 1 is 1.18 bits per heavy atom. The number of aromatic amines is 1. The van der Waals surface area contributed by atoms with Crippen molar-refractivity contribution in [3.8, 4) is 0 Å². The minimum atomic E-state index is -2.67. The number of rotatable bonds is 3. The molecule has 1 aromatic heterocycles. The van der Waals surface area contributed by atoms with Crippen molar-refractivity contribution in [1.82, 2.24) is 9.97 Å². The number of carbonyl (C=O) groups is 1. The van der Waals surface area contributed by atoms with Crippen LogP contribution >= 0.6 is 22.6 Å². The molecule has 0 aliphatic rings. The van der Waals surface area contributed by atoms with E-state index in [1.54, 1.807) is 24.3 Å². The first-order valence-electron chi connectivity index (χ1n) is 6.37. The number of aromatic nitrogens is 2. The van der Waals surface area contributed by atoms with Gasteiger partial charge in [-0.15, -0.1) is 0 Å². The van der Waals surface area contributed by atoms with E-state index in [-0.39, 0.29) is 5.91 Å². The molecule has 0 aliphatic heterocycles. The maximum atomic E-state index is 12.6. The van der Waals surface area contributed by atoms with E-state index in [2.05, 4.69) is 37.9 Å². The van der Waals surface area contributed by atoms with Crippen LogP contribution in [-0.4, -0.2) is 15.9 Å². The summed E-state index contributed by atoms with van der Waals surface area (Å²) in [6.07, 6.45) is -2.67. The molecule has 0 aliphatic carbocycles. The minimum Gasteiger partial charge on any atom is -0.337 e. The monoisotopic (exact) mass is 413 g/mol. The third-order valence-corrected chi connectivity index (χ3v) is 3.79. The van der Waals surface area contributed by atoms with Gasteiger partial charge in [-0.1, -0.05) is 0 Å². The molecule has 0 bridgehead atoms. The average Bonchev–Trinajstić information content (AvgIpc) is 2.93. The highest BCUT2D eigenvalue weighted by Gasteiger charge is 2.14. The van der Waals surface area contributed by atoms with Crippen LogP contribution in [0, 0.1) is 3.57 Å². The Hall–Kier alpha value is -2.03. The molecule has 1 amide bonds. The maximum absolute atomic E-state index is 12.6. The van der Waals surface area contributed by atoms with Gasteiger partial charge in [-0.2, -0.15) is 0 Å². The number of fused-ring (bicyclic) bond motifs is 1. The number of amides is 1. The molecule has 22 heavy (non-hydrogen) atoms. The highest BCUT2D eigenvalue weighted by atomic mass is 127. The lowest BCUT2D eigenvalue weighted by Crippen LogP contribution is -2.11. The predicted octanol–water partition coefficient (Wildman–Crippen LogP) is 4.36. The van der Waals surface area contributed by atoms with Crippen LogP contribution in [0.4, 0.5) is 14.5 Å². The molecule has 1 heterocycles. The van der Waals surface area contributed by atoms with Crippen LogP contribution in [0.1, 0.15) is 22.6 Å². The van der Waals surface area contributed by atoms with Gasteiger partial charge in [-0.05, 0) is 65.1 Å². The fourth-order valence-corrected chi connectivity index (χ4v) is 2.37. The highest BCUT2D eigenvalue weighted by molar-refractivity contribution is 14.1. The first-order valence-corrected chi connectivity index (χ1v) is 7.45. The second-order valence-electron chi connectivity index (χ2n) is 4.62. The summed E-state index contributed by atoms with van der Waals surface area (Å²) >= 11 is 2.17. The fourth-order valence-electron chi connectivity index (χ4n) is 2.01. The first-order chi connectivity index (χ1) is 10.5. The van der Waals surface area contributed by atoms with Crippen molar-refractivity contribution in [3.63, 3.8) is 0 Å². The number of carbonyl (C=O) groups excluding carboxylic acids is 1. The van der Waals surface area contributed by atoms with Crippen molar-refractivity contribution in [2.75, 3.05) is 5.32 Å². The fraction of sp³-hybridized carbons (Fsp3) is 0.0667. The number of benzene rings is 2. The van der Waals surface area contributed by atoms with E-state index in [1.165, 1.54) is 6.07 Å². The lowest BCUT2D eigenvalue weighted by Gasteiger charge is -2.05. The second-order valence-corrected chi connectivity index (χ2v) is 5.86. The smallest absolute Gasteiger partial charge is 0.295 e. The quantitative estimate of drug-likeness (QED) is 0.628. The summed E-state index contributed by atoms with van der Waals surface area (Å²) in [5.74, 6) is -0.707. The zero-order valence-electron chi connectivity index (χ0n) is 11.1. The number of imidazole rings is 1. The molecule has 0 saturated carbocycles. The summed E-state index contributed by atoms with van der Waals surface area (Å²) < 4.78 is 26.3. The third-order valence-electron chi connectivity index (χ3n) is 3.07. The third kappa shape index (κ3) is 3.08. The molecule has 0 atom stereocenters. The number of nitrogens with one attached hydrogen (secondary N) is 2. The van der Waals surface area contributed by atoms with E-state index in [0.29, 0.717) is 22.3 Å². The summed E-state index contributed by atoms with van der Waals surface area (Å²) in [6.45, 7) is 0. The van der Waals surface area contributed by atoms with Crippen LogP contribution in [0.25, 0.3) is 11.0 Å². The van der Waals surface area contributed by atoms with Crippen LogP contribution in [0.3, 0.4) is 0 Å². The molecule has 2 N–H and O–H groups in total. The Bertz CT molecular complexity index is 830. The van der Waals surface area contributed by atoms with Crippen LogP contribution in [0.15, 0.2) is 42.5 Å². The number of H-pyrrole nitrogens is 1. The molecule has 0 unspecified atom stereocenters. The molecule has 3 rings (SSSR count). The normalized spacial score (nSPS) is 11.1. The van der Waals surface area contributed by atoms with Gasteiger partial charge < -0.3 is 10.3 Å². The Balaban J connectivity index is 1.85. The van der Waals surface area contributed by atoms with E-state index in [1.807, 2.05) is 12.1 Å². The van der Waals surface area contributed by atoms with Gasteiger partial charge in [0.1, 0.15) is 0 Å². The summed E-state index contributed by atoms with van der Waals surface area (Å²) in [5, 5.41) is 2.75. The van der Waals surface area contributed by atoms with Gasteiger partial charge in [-0.25, -0.2) is 13.8 Å². The average molecular weight is 413 g/mol. The van der Waals surface area contributed by atoms with Crippen LogP contribution in [0.2, 0.25) is 0 Å². The number of alkyl halides is 2. The summed E-state index contributed by atoms with van der Waals surface area (Å²) in [7, 11) is 0. The largest absolute Gasteiger partial charge is 0.337 e. The number of hydrogen-bond donors (Lipinski definition) is 2. The van der Waals surface area contributed by atoms with Crippen LogP contribution in [-0.2, 0) is 0 Å². The lowest BCUT2D eigenvalue weighted by atomic mass is 10.2. The zero-order valence-corrected chi connectivity index (χ0v) is 13.3. The van der Waals surface area contributed by atoms with Gasteiger partial charge in [0.25, 0.3) is 12.3 Å². The second kappa shape index (κ2) is 5.99. The van der Waals surface area contributed by atoms with Gasteiger partial charge in [-0.3, -0.25) is 4.79 Å². The van der Waals surface area contributed by atoms with Crippen LogP contribution in [0.5, 0.6) is 0 Å². The molecular formula is C15H10F2IN3O. The summed E-state index contributed by atoms with van der Waals surface area (Å²) in [5.41, 5.74) is 1.85. The number of nitrogens with zero attached hydrogens (tertiary/aromatic N) is 1. The predicted molar refractivity (Wildman–Crippen MR) is 88.2 cm³/mol. The Morgan fingerprint density at radius 3 is 2.59 bits per heavy atom. The van der Waals surface area contributed by atoms with E-state index in [9.17, 15) is 13.6 Å². The number of anilines is 1. The molecule has 3 aromatic rings. The van der Waals surface area contributed by atoms with Gasteiger partial charge in [0, 0.05) is 14.8 Å². The van der Waals surface area contributed by atoms with Gasteiger partial charge in [0.05, 0.1) is 11.0 Å². The minimum absolute atomic E-state index is 0.309. The topological polar surface area (TPSA) is 57.8 Å². The van der Waals surface area contributed by atoms with E-state index in [0.717, 1.165) is 3.57 Å². The molecule has 0 spiro atoms. The molecule has 4 nitrogen and oxygen atoms in total. The van der Waals surface area contributed by atoms with Crippen molar-refractivity contribution in [1.29, 1.82) is 0 Å². The van der Waals surface area contributed by atoms with Crippen molar-refractivity contribution < 1.29 is 13.6 Å². The number of halogens is 3. The van der Waals surface area contributed by atoms with E-state index >= 15 is 0 Å².